The van der Waals surface area contributed by atoms with Crippen LogP contribution in [0.4, 0.5) is 0 Å². The Balaban J connectivity index is 1.77. The van der Waals surface area contributed by atoms with Crippen LogP contribution in [0.15, 0.2) is 0 Å². The van der Waals surface area contributed by atoms with Gasteiger partial charge in [-0.1, -0.05) is 0 Å². The van der Waals surface area contributed by atoms with E-state index in [4.69, 9.17) is 0 Å². The largest absolute Gasteiger partial charge is 0.352 e. The van der Waals surface area contributed by atoms with Crippen molar-refractivity contribution in [3.8, 4) is 0 Å². The highest BCUT2D eigenvalue weighted by atomic mass is 32.2. The average molecular weight is 200 g/mol. The summed E-state index contributed by atoms with van der Waals surface area (Å²) in [6.45, 7) is 4.13. The summed E-state index contributed by atoms with van der Waals surface area (Å²) < 4.78 is 0. The van der Waals surface area contributed by atoms with E-state index < -0.39 is 0 Å². The number of piperidine rings is 1. The maximum atomic E-state index is 11.5. The summed E-state index contributed by atoms with van der Waals surface area (Å²) in [6.07, 6.45) is 1.97. The van der Waals surface area contributed by atoms with Gasteiger partial charge in [0.2, 0.25) is 5.91 Å². The van der Waals surface area contributed by atoms with Gasteiger partial charge in [0.1, 0.15) is 0 Å². The first-order valence-corrected chi connectivity index (χ1v) is 6.06. The monoisotopic (exact) mass is 200 g/mol. The van der Waals surface area contributed by atoms with Crippen LogP contribution in [0.5, 0.6) is 0 Å². The Kier molecular flexibility index (Phi) is 2.51. The van der Waals surface area contributed by atoms with Crippen LogP contribution in [0.25, 0.3) is 0 Å². The molecule has 0 radical (unpaired) electrons. The summed E-state index contributed by atoms with van der Waals surface area (Å²) >= 11 is 1.60. The molecule has 2 rings (SSSR count). The first-order chi connectivity index (χ1) is 6.24. The number of fused-ring (bicyclic) bond motifs is 1. The van der Waals surface area contributed by atoms with Crippen molar-refractivity contribution in [2.75, 3.05) is 19.3 Å². The molecule has 13 heavy (non-hydrogen) atoms. The minimum atomic E-state index is 0.0919. The Hall–Kier alpha value is -0.220. The summed E-state index contributed by atoms with van der Waals surface area (Å²) in [4.78, 5) is 11.5. The van der Waals surface area contributed by atoms with E-state index in [0.717, 1.165) is 24.9 Å². The number of hydrogen-bond acceptors (Lipinski definition) is 3. The van der Waals surface area contributed by atoms with E-state index >= 15 is 0 Å². The van der Waals surface area contributed by atoms with Gasteiger partial charge in [0.15, 0.2) is 0 Å². The van der Waals surface area contributed by atoms with E-state index in [1.165, 1.54) is 0 Å². The van der Waals surface area contributed by atoms with Crippen molar-refractivity contribution < 1.29 is 4.79 Å². The molecule has 2 unspecified atom stereocenters. The maximum absolute atomic E-state index is 11.5. The maximum Gasteiger partial charge on any atom is 0.233 e. The van der Waals surface area contributed by atoms with Gasteiger partial charge in [-0.2, -0.15) is 11.8 Å². The quantitative estimate of drug-likeness (QED) is 0.677. The van der Waals surface area contributed by atoms with Crippen molar-refractivity contribution in [3.63, 3.8) is 0 Å². The average Bonchev–Trinajstić information content (AvgIpc) is 2.63. The summed E-state index contributed by atoms with van der Waals surface area (Å²) in [7, 11) is 0. The van der Waals surface area contributed by atoms with Crippen molar-refractivity contribution in [3.05, 3.63) is 0 Å². The minimum absolute atomic E-state index is 0.0919. The molecule has 2 N–H and O–H groups in total. The molecule has 3 nitrogen and oxygen atoms in total. The Bertz CT molecular complexity index is 212. The highest BCUT2D eigenvalue weighted by Crippen LogP contribution is 2.41. The molecule has 0 spiro atoms. The van der Waals surface area contributed by atoms with Gasteiger partial charge in [-0.3, -0.25) is 4.79 Å². The smallest absolute Gasteiger partial charge is 0.233 e. The fraction of sp³-hybridized carbons (Fsp3) is 0.889. The lowest BCUT2D eigenvalue weighted by Crippen LogP contribution is -2.36. The molecule has 0 aromatic carbocycles. The Morgan fingerprint density at radius 1 is 1.54 bits per heavy atom. The van der Waals surface area contributed by atoms with Gasteiger partial charge in [-0.15, -0.1) is 0 Å². The van der Waals surface area contributed by atoms with Gasteiger partial charge < -0.3 is 10.6 Å². The molecule has 0 aromatic rings. The molecular weight excluding hydrogens is 184 g/mol. The number of nitrogens with one attached hydrogen (secondary N) is 2. The van der Waals surface area contributed by atoms with Crippen molar-refractivity contribution in [2.45, 2.75) is 18.2 Å². The third-order valence-corrected chi connectivity index (χ3v) is 4.04. The van der Waals surface area contributed by atoms with Gasteiger partial charge in [-0.05, 0) is 25.0 Å². The Morgan fingerprint density at radius 3 is 2.69 bits per heavy atom. The number of amides is 1. The van der Waals surface area contributed by atoms with Gasteiger partial charge in [0, 0.05) is 19.1 Å². The summed E-state index contributed by atoms with van der Waals surface area (Å²) in [5, 5.41) is 6.51. The van der Waals surface area contributed by atoms with Crippen molar-refractivity contribution in [1.29, 1.82) is 0 Å². The number of hydrogen-bond donors (Lipinski definition) is 2. The topological polar surface area (TPSA) is 41.1 Å². The van der Waals surface area contributed by atoms with E-state index in [0.29, 0.717) is 6.04 Å². The predicted octanol–water partition coefficient (Wildman–Crippen LogP) is 0.0719. The highest BCUT2D eigenvalue weighted by Gasteiger charge is 2.53. The lowest BCUT2D eigenvalue weighted by molar-refractivity contribution is -0.120. The molecule has 1 aliphatic carbocycles. The molecule has 2 fully saturated rings. The lowest BCUT2D eigenvalue weighted by atomic mass is 10.4. The molecule has 74 valence electrons. The van der Waals surface area contributed by atoms with E-state index in [-0.39, 0.29) is 11.2 Å². The summed E-state index contributed by atoms with van der Waals surface area (Å²) in [6, 6.07) is 0.475. The molecule has 1 aliphatic heterocycles. The van der Waals surface area contributed by atoms with Crippen molar-refractivity contribution >= 4 is 17.7 Å². The van der Waals surface area contributed by atoms with Crippen molar-refractivity contribution in [1.82, 2.24) is 10.6 Å². The standard InChI is InChI=1S/C9H16N2OS/c1-5(13-2)9(12)11-8-6-3-10-4-7(6)8/h5-8,10H,3-4H2,1-2H3,(H,11,12)/t5?,6-,7+,8?. The third-order valence-electron chi connectivity index (χ3n) is 3.12. The Morgan fingerprint density at radius 2 is 2.15 bits per heavy atom. The van der Waals surface area contributed by atoms with E-state index in [9.17, 15) is 4.79 Å². The number of carbonyl (C=O) groups is 1. The molecular formula is C9H16N2OS. The lowest BCUT2D eigenvalue weighted by Gasteiger charge is -2.11. The molecule has 4 atom stereocenters. The van der Waals surface area contributed by atoms with Crippen LogP contribution in [0.1, 0.15) is 6.92 Å². The zero-order valence-electron chi connectivity index (χ0n) is 8.04. The molecule has 1 saturated heterocycles. The molecule has 1 amide bonds. The van der Waals surface area contributed by atoms with Crippen LogP contribution in [0, 0.1) is 11.8 Å². The molecule has 0 bridgehead atoms. The van der Waals surface area contributed by atoms with Gasteiger partial charge in [0.05, 0.1) is 5.25 Å². The van der Waals surface area contributed by atoms with Gasteiger partial charge >= 0.3 is 0 Å². The van der Waals surface area contributed by atoms with Gasteiger partial charge in [0.25, 0.3) is 0 Å². The van der Waals surface area contributed by atoms with Gasteiger partial charge in [-0.25, -0.2) is 0 Å². The fourth-order valence-corrected chi connectivity index (χ4v) is 2.30. The summed E-state index contributed by atoms with van der Waals surface area (Å²) in [5.74, 6) is 1.64. The molecule has 4 heteroatoms. The normalized spacial score (nSPS) is 38.2. The predicted molar refractivity (Wildman–Crippen MR) is 54.8 cm³/mol. The van der Waals surface area contributed by atoms with Crippen LogP contribution >= 0.6 is 11.8 Å². The molecule has 0 aromatic heterocycles. The molecule has 1 heterocycles. The number of carbonyl (C=O) groups excluding carboxylic acids is 1. The number of rotatable bonds is 3. The third kappa shape index (κ3) is 1.70. The SMILES string of the molecule is CSC(C)C(=O)NC1[C@H]2CNC[C@@H]12. The first kappa shape index (κ1) is 9.34. The van der Waals surface area contributed by atoms with Crippen LogP contribution in [0.2, 0.25) is 0 Å². The van der Waals surface area contributed by atoms with Crippen LogP contribution in [-0.4, -0.2) is 36.5 Å². The van der Waals surface area contributed by atoms with Crippen LogP contribution < -0.4 is 10.6 Å². The second-order valence-corrected chi connectivity index (χ2v) is 5.08. The van der Waals surface area contributed by atoms with E-state index in [1.807, 2.05) is 13.2 Å². The zero-order chi connectivity index (χ0) is 9.42. The van der Waals surface area contributed by atoms with E-state index in [1.54, 1.807) is 11.8 Å². The second kappa shape index (κ2) is 3.50. The first-order valence-electron chi connectivity index (χ1n) is 4.78. The highest BCUT2D eigenvalue weighted by molar-refractivity contribution is 7.99. The van der Waals surface area contributed by atoms with Crippen LogP contribution in [-0.2, 0) is 4.79 Å². The molecule has 2 aliphatic rings. The summed E-state index contributed by atoms with van der Waals surface area (Å²) in [5.41, 5.74) is 0. The molecule has 1 saturated carbocycles. The second-order valence-electron chi connectivity index (χ2n) is 3.90. The Labute approximate surface area is 83.0 Å². The zero-order valence-corrected chi connectivity index (χ0v) is 8.86. The number of thioether (sulfide) groups is 1. The minimum Gasteiger partial charge on any atom is -0.352 e. The van der Waals surface area contributed by atoms with Crippen molar-refractivity contribution in [2.24, 2.45) is 11.8 Å². The van der Waals surface area contributed by atoms with E-state index in [2.05, 4.69) is 10.6 Å². The fourth-order valence-electron chi connectivity index (χ4n) is 2.02. The van der Waals surface area contributed by atoms with Crippen LogP contribution in [0.3, 0.4) is 0 Å².